The summed E-state index contributed by atoms with van der Waals surface area (Å²) in [6, 6.07) is 5.76. The number of sulfonamides is 1. The fraction of sp³-hybridized carbons (Fsp3) is 0.294. The van der Waals surface area contributed by atoms with E-state index in [9.17, 15) is 31.2 Å². The molecule has 156 valence electrons. The lowest BCUT2D eigenvalue weighted by Crippen LogP contribution is -2.29. The van der Waals surface area contributed by atoms with Crippen LogP contribution in [0.2, 0.25) is 5.02 Å². The number of anilines is 1. The predicted octanol–water partition coefficient (Wildman–Crippen LogP) is 2.60. The van der Waals surface area contributed by atoms with E-state index in [-0.39, 0.29) is 16.6 Å². The first kappa shape index (κ1) is 21.3. The molecule has 1 aliphatic carbocycles. The smallest absolute Gasteiger partial charge is 0.324 e. The maximum absolute atomic E-state index is 12.9. The Kier molecular flexibility index (Phi) is 5.74. The maximum atomic E-state index is 12.9. The standard InChI is InChI=1S/C17H15ClF3N3O4S/c18-14-6-10(17(19,20)21)8-24(16(14)26)9-15(25)22-12-2-1-3-13(7-12)29(27,28)23-11-4-5-11/h1-3,6-8,11,23H,4-5,9H2,(H,22,25). The molecule has 0 unspecified atom stereocenters. The van der Waals surface area contributed by atoms with E-state index in [1.54, 1.807) is 0 Å². The summed E-state index contributed by atoms with van der Waals surface area (Å²) in [6.45, 7) is -0.736. The van der Waals surface area contributed by atoms with Gasteiger partial charge in [0, 0.05) is 17.9 Å². The van der Waals surface area contributed by atoms with Crippen molar-refractivity contribution in [3.8, 4) is 0 Å². The van der Waals surface area contributed by atoms with Gasteiger partial charge in [0.2, 0.25) is 15.9 Å². The molecule has 1 heterocycles. The molecule has 7 nitrogen and oxygen atoms in total. The fourth-order valence-electron chi connectivity index (χ4n) is 2.46. The van der Waals surface area contributed by atoms with E-state index in [1.165, 1.54) is 24.3 Å². The Morgan fingerprint density at radius 1 is 1.24 bits per heavy atom. The molecule has 0 aliphatic heterocycles. The van der Waals surface area contributed by atoms with Crippen molar-refractivity contribution < 1.29 is 26.4 Å². The number of hydrogen-bond donors (Lipinski definition) is 2. The lowest BCUT2D eigenvalue weighted by molar-refractivity contribution is -0.138. The maximum Gasteiger partial charge on any atom is 0.417 e. The Labute approximate surface area is 168 Å². The van der Waals surface area contributed by atoms with Crippen molar-refractivity contribution >= 4 is 33.2 Å². The Hall–Kier alpha value is -2.37. The molecule has 1 aromatic heterocycles. The van der Waals surface area contributed by atoms with Gasteiger partial charge in [0.05, 0.1) is 10.5 Å². The molecule has 2 N–H and O–H groups in total. The summed E-state index contributed by atoms with van der Waals surface area (Å²) in [5.41, 5.74) is -2.02. The number of hydrogen-bond acceptors (Lipinski definition) is 4. The highest BCUT2D eigenvalue weighted by Gasteiger charge is 2.32. The van der Waals surface area contributed by atoms with Crippen LogP contribution >= 0.6 is 11.6 Å². The second kappa shape index (κ2) is 7.81. The average molecular weight is 450 g/mol. The van der Waals surface area contributed by atoms with Gasteiger partial charge in [-0.3, -0.25) is 9.59 Å². The highest BCUT2D eigenvalue weighted by molar-refractivity contribution is 7.89. The van der Waals surface area contributed by atoms with Gasteiger partial charge in [-0.15, -0.1) is 0 Å². The first-order valence-corrected chi connectivity index (χ1v) is 10.2. The van der Waals surface area contributed by atoms with Gasteiger partial charge >= 0.3 is 6.18 Å². The molecule has 12 heteroatoms. The molecule has 0 radical (unpaired) electrons. The highest BCUT2D eigenvalue weighted by Crippen LogP contribution is 2.29. The molecule has 0 spiro atoms. The predicted molar refractivity (Wildman–Crippen MR) is 99.1 cm³/mol. The molecule has 0 bridgehead atoms. The molecule has 0 atom stereocenters. The zero-order chi connectivity index (χ0) is 21.4. The van der Waals surface area contributed by atoms with E-state index in [2.05, 4.69) is 10.0 Å². The van der Waals surface area contributed by atoms with Crippen molar-refractivity contribution in [2.24, 2.45) is 0 Å². The Morgan fingerprint density at radius 2 is 1.93 bits per heavy atom. The molecule has 29 heavy (non-hydrogen) atoms. The number of rotatable bonds is 6. The number of carbonyl (C=O) groups excluding carboxylic acids is 1. The quantitative estimate of drug-likeness (QED) is 0.708. The van der Waals surface area contributed by atoms with Gasteiger partial charge in [-0.2, -0.15) is 13.2 Å². The largest absolute Gasteiger partial charge is 0.417 e. The third-order valence-corrected chi connectivity index (χ3v) is 5.80. The van der Waals surface area contributed by atoms with Crippen LogP contribution in [0, 0.1) is 0 Å². The summed E-state index contributed by atoms with van der Waals surface area (Å²) in [5, 5.41) is 1.69. The highest BCUT2D eigenvalue weighted by atomic mass is 35.5. The first-order valence-electron chi connectivity index (χ1n) is 8.35. The normalized spacial score (nSPS) is 14.6. The third-order valence-electron chi connectivity index (χ3n) is 4.01. The summed E-state index contributed by atoms with van der Waals surface area (Å²) in [4.78, 5) is 24.1. The van der Waals surface area contributed by atoms with E-state index in [0.29, 0.717) is 16.8 Å². The van der Waals surface area contributed by atoms with Crippen LogP contribution in [0.4, 0.5) is 18.9 Å². The Morgan fingerprint density at radius 3 is 2.55 bits per heavy atom. The lowest BCUT2D eigenvalue weighted by atomic mass is 10.2. The average Bonchev–Trinajstić information content (AvgIpc) is 3.41. The minimum Gasteiger partial charge on any atom is -0.324 e. The SMILES string of the molecule is O=C(Cn1cc(C(F)(F)F)cc(Cl)c1=O)Nc1cccc(S(=O)(=O)NC2CC2)c1. The van der Waals surface area contributed by atoms with Gasteiger partial charge in [0.15, 0.2) is 0 Å². The molecule has 0 saturated heterocycles. The van der Waals surface area contributed by atoms with Crippen molar-refractivity contribution in [1.82, 2.24) is 9.29 Å². The minimum atomic E-state index is -4.74. The number of carbonyl (C=O) groups is 1. The fourth-order valence-corrected chi connectivity index (χ4v) is 4.03. The van der Waals surface area contributed by atoms with Crippen molar-refractivity contribution in [2.45, 2.75) is 36.5 Å². The molecule has 1 amide bonds. The lowest BCUT2D eigenvalue weighted by Gasteiger charge is -2.12. The third kappa shape index (κ3) is 5.37. The van der Waals surface area contributed by atoms with Crippen LogP contribution in [0.25, 0.3) is 0 Å². The second-order valence-electron chi connectivity index (χ2n) is 6.48. The Balaban J connectivity index is 1.77. The molecule has 1 aliphatic rings. The number of alkyl halides is 3. The number of aromatic nitrogens is 1. The summed E-state index contributed by atoms with van der Waals surface area (Å²) in [6.07, 6.45) is -2.74. The zero-order valence-electron chi connectivity index (χ0n) is 14.7. The van der Waals surface area contributed by atoms with Crippen LogP contribution < -0.4 is 15.6 Å². The number of amides is 1. The van der Waals surface area contributed by atoms with Crippen molar-refractivity contribution in [3.63, 3.8) is 0 Å². The van der Waals surface area contributed by atoms with E-state index in [1.807, 2.05) is 0 Å². The van der Waals surface area contributed by atoms with Gasteiger partial charge in [-0.25, -0.2) is 13.1 Å². The number of nitrogens with zero attached hydrogens (tertiary/aromatic N) is 1. The van der Waals surface area contributed by atoms with E-state index in [0.717, 1.165) is 12.8 Å². The molecular formula is C17H15ClF3N3O4S. The van der Waals surface area contributed by atoms with Crippen LogP contribution in [0.3, 0.4) is 0 Å². The molecule has 1 aromatic carbocycles. The zero-order valence-corrected chi connectivity index (χ0v) is 16.2. The number of halogens is 4. The van der Waals surface area contributed by atoms with Crippen LogP contribution in [0.5, 0.6) is 0 Å². The van der Waals surface area contributed by atoms with E-state index < -0.39 is 44.8 Å². The van der Waals surface area contributed by atoms with Gasteiger partial charge < -0.3 is 9.88 Å². The monoisotopic (exact) mass is 449 g/mol. The van der Waals surface area contributed by atoms with Crippen LogP contribution in [-0.4, -0.2) is 24.9 Å². The second-order valence-corrected chi connectivity index (χ2v) is 8.60. The number of pyridine rings is 1. The van der Waals surface area contributed by atoms with Crippen molar-refractivity contribution in [1.29, 1.82) is 0 Å². The van der Waals surface area contributed by atoms with Crippen molar-refractivity contribution in [2.75, 3.05) is 5.32 Å². The number of benzene rings is 1. The summed E-state index contributed by atoms with van der Waals surface area (Å²) in [7, 11) is -3.75. The van der Waals surface area contributed by atoms with Gasteiger partial charge in [-0.1, -0.05) is 17.7 Å². The van der Waals surface area contributed by atoms with Crippen LogP contribution in [-0.2, 0) is 27.5 Å². The summed E-state index contributed by atoms with van der Waals surface area (Å²) in [5.74, 6) is -0.827. The minimum absolute atomic E-state index is 0.0681. The van der Waals surface area contributed by atoms with E-state index in [4.69, 9.17) is 11.6 Å². The van der Waals surface area contributed by atoms with E-state index >= 15 is 0 Å². The summed E-state index contributed by atoms with van der Waals surface area (Å²) < 4.78 is 66.1. The summed E-state index contributed by atoms with van der Waals surface area (Å²) >= 11 is 5.55. The Bertz CT molecular complexity index is 1110. The molecular weight excluding hydrogens is 435 g/mol. The first-order chi connectivity index (χ1) is 13.5. The topological polar surface area (TPSA) is 97.3 Å². The van der Waals surface area contributed by atoms with Crippen LogP contribution in [0.15, 0.2) is 46.2 Å². The van der Waals surface area contributed by atoms with Crippen LogP contribution in [0.1, 0.15) is 18.4 Å². The van der Waals surface area contributed by atoms with Gasteiger partial charge in [-0.05, 0) is 37.1 Å². The van der Waals surface area contributed by atoms with Crippen molar-refractivity contribution in [3.05, 3.63) is 57.5 Å². The molecule has 3 rings (SSSR count). The number of nitrogens with one attached hydrogen (secondary N) is 2. The molecule has 1 fully saturated rings. The molecule has 1 saturated carbocycles. The molecule has 2 aromatic rings. The van der Waals surface area contributed by atoms with Gasteiger partial charge in [0.25, 0.3) is 5.56 Å². The van der Waals surface area contributed by atoms with Gasteiger partial charge in [0.1, 0.15) is 11.6 Å².